The van der Waals surface area contributed by atoms with Gasteiger partial charge in [0.1, 0.15) is 0 Å². The summed E-state index contributed by atoms with van der Waals surface area (Å²) in [5.74, 6) is 1.21. The van der Waals surface area contributed by atoms with Crippen molar-refractivity contribution in [1.82, 2.24) is 14.5 Å². The smallest absolute Gasteiger partial charge is 0.261 e. The second kappa shape index (κ2) is 8.41. The van der Waals surface area contributed by atoms with E-state index in [1.807, 2.05) is 4.90 Å². The summed E-state index contributed by atoms with van der Waals surface area (Å²) in [6.07, 6.45) is 5.94. The molecule has 1 saturated heterocycles. The van der Waals surface area contributed by atoms with E-state index in [2.05, 4.69) is 11.9 Å². The Balaban J connectivity index is 1.71. The van der Waals surface area contributed by atoms with Crippen LogP contribution in [0, 0.1) is 0 Å². The quantitative estimate of drug-likeness (QED) is 0.778. The average Bonchev–Trinajstić information content (AvgIpc) is 2.69. The van der Waals surface area contributed by atoms with Crippen LogP contribution in [0.25, 0.3) is 10.9 Å². The Labute approximate surface area is 158 Å². The largest absolute Gasteiger partial charge is 0.493 e. The SMILES string of the molecule is COc1cc2ncn(CCCC(=O)N3CCCCC3C)c(=O)c2cc1OC. The first-order chi connectivity index (χ1) is 13.0. The minimum atomic E-state index is -0.139. The summed E-state index contributed by atoms with van der Waals surface area (Å²) >= 11 is 0. The van der Waals surface area contributed by atoms with Crippen LogP contribution in [0.4, 0.5) is 0 Å². The lowest BCUT2D eigenvalue weighted by Gasteiger charge is -2.33. The maximum atomic E-state index is 12.8. The molecule has 1 aromatic heterocycles. The maximum absolute atomic E-state index is 12.8. The summed E-state index contributed by atoms with van der Waals surface area (Å²) in [4.78, 5) is 31.5. The van der Waals surface area contributed by atoms with Crippen molar-refractivity contribution in [1.29, 1.82) is 0 Å². The first-order valence-electron chi connectivity index (χ1n) is 9.45. The van der Waals surface area contributed by atoms with Crippen molar-refractivity contribution in [2.75, 3.05) is 20.8 Å². The van der Waals surface area contributed by atoms with Crippen LogP contribution in [0.1, 0.15) is 39.0 Å². The topological polar surface area (TPSA) is 73.7 Å². The van der Waals surface area contributed by atoms with E-state index in [1.165, 1.54) is 19.9 Å². The minimum Gasteiger partial charge on any atom is -0.493 e. The van der Waals surface area contributed by atoms with Crippen LogP contribution in [-0.4, -0.2) is 47.2 Å². The fourth-order valence-electron chi connectivity index (χ4n) is 3.66. The number of hydrogen-bond acceptors (Lipinski definition) is 5. The van der Waals surface area contributed by atoms with Crippen molar-refractivity contribution in [2.24, 2.45) is 0 Å². The highest BCUT2D eigenvalue weighted by atomic mass is 16.5. The molecule has 1 aromatic carbocycles. The highest BCUT2D eigenvalue weighted by Gasteiger charge is 2.22. The average molecular weight is 373 g/mol. The molecule has 1 fully saturated rings. The van der Waals surface area contributed by atoms with Gasteiger partial charge in [-0.25, -0.2) is 4.98 Å². The Hall–Kier alpha value is -2.57. The molecule has 0 radical (unpaired) electrons. The van der Waals surface area contributed by atoms with E-state index >= 15 is 0 Å². The number of methoxy groups -OCH3 is 2. The highest BCUT2D eigenvalue weighted by Crippen LogP contribution is 2.29. The Morgan fingerprint density at radius 2 is 1.96 bits per heavy atom. The second-order valence-electron chi connectivity index (χ2n) is 7.00. The van der Waals surface area contributed by atoms with E-state index in [0.717, 1.165) is 19.4 Å². The summed E-state index contributed by atoms with van der Waals surface area (Å²) in [5.41, 5.74) is 0.423. The van der Waals surface area contributed by atoms with E-state index in [4.69, 9.17) is 9.47 Å². The number of carbonyl (C=O) groups excluding carboxylic acids is 1. The molecule has 7 nitrogen and oxygen atoms in total. The van der Waals surface area contributed by atoms with Gasteiger partial charge in [-0.15, -0.1) is 0 Å². The van der Waals surface area contributed by atoms with Crippen LogP contribution < -0.4 is 15.0 Å². The second-order valence-corrected chi connectivity index (χ2v) is 7.00. The van der Waals surface area contributed by atoms with E-state index in [0.29, 0.717) is 47.8 Å². The molecule has 1 aliphatic rings. The molecule has 1 aliphatic heterocycles. The first kappa shape index (κ1) is 19.2. The van der Waals surface area contributed by atoms with Gasteiger partial charge >= 0.3 is 0 Å². The number of carbonyl (C=O) groups is 1. The van der Waals surface area contributed by atoms with Crippen molar-refractivity contribution in [2.45, 2.75) is 51.6 Å². The molecule has 1 atom stereocenters. The van der Waals surface area contributed by atoms with Gasteiger partial charge in [0, 0.05) is 31.6 Å². The third-order valence-electron chi connectivity index (χ3n) is 5.24. The zero-order chi connectivity index (χ0) is 19.4. The number of likely N-dealkylation sites (tertiary alicyclic amines) is 1. The van der Waals surface area contributed by atoms with Crippen molar-refractivity contribution >= 4 is 16.8 Å². The van der Waals surface area contributed by atoms with Crippen LogP contribution in [0.15, 0.2) is 23.3 Å². The highest BCUT2D eigenvalue weighted by molar-refractivity contribution is 5.81. The van der Waals surface area contributed by atoms with Gasteiger partial charge in [0.15, 0.2) is 11.5 Å². The lowest BCUT2D eigenvalue weighted by Crippen LogP contribution is -2.42. The normalized spacial score (nSPS) is 17.1. The lowest BCUT2D eigenvalue weighted by atomic mass is 10.0. The predicted octanol–water partition coefficient (Wildman–Crippen LogP) is 2.59. The summed E-state index contributed by atoms with van der Waals surface area (Å²) in [5, 5.41) is 0.478. The van der Waals surface area contributed by atoms with Crippen LogP contribution in [0.2, 0.25) is 0 Å². The number of nitrogens with zero attached hydrogens (tertiary/aromatic N) is 3. The molecular formula is C20H27N3O4. The van der Waals surface area contributed by atoms with Gasteiger partial charge in [-0.1, -0.05) is 0 Å². The van der Waals surface area contributed by atoms with E-state index in [1.54, 1.807) is 23.8 Å². The molecule has 0 bridgehead atoms. The van der Waals surface area contributed by atoms with Gasteiger partial charge in [-0.05, 0) is 38.7 Å². The molecule has 2 heterocycles. The summed E-state index contributed by atoms with van der Waals surface area (Å²) in [6.45, 7) is 3.42. The molecule has 146 valence electrons. The van der Waals surface area contributed by atoms with Crippen molar-refractivity contribution in [3.05, 3.63) is 28.8 Å². The lowest BCUT2D eigenvalue weighted by molar-refractivity contribution is -0.134. The van der Waals surface area contributed by atoms with Crippen molar-refractivity contribution < 1.29 is 14.3 Å². The third-order valence-corrected chi connectivity index (χ3v) is 5.24. The molecule has 0 spiro atoms. The molecule has 2 aromatic rings. The summed E-state index contributed by atoms with van der Waals surface area (Å²) < 4.78 is 12.1. The number of amides is 1. The number of fused-ring (bicyclic) bond motifs is 1. The maximum Gasteiger partial charge on any atom is 0.261 e. The van der Waals surface area contributed by atoms with Crippen LogP contribution in [0.3, 0.4) is 0 Å². The molecule has 1 amide bonds. The summed E-state index contributed by atoms with van der Waals surface area (Å²) in [7, 11) is 3.08. The van der Waals surface area contributed by atoms with Crippen molar-refractivity contribution in [3.8, 4) is 11.5 Å². The monoisotopic (exact) mass is 373 g/mol. The third kappa shape index (κ3) is 4.07. The van der Waals surface area contributed by atoms with Crippen LogP contribution in [-0.2, 0) is 11.3 Å². The molecule has 0 saturated carbocycles. The Morgan fingerprint density at radius 1 is 1.22 bits per heavy atom. The molecule has 27 heavy (non-hydrogen) atoms. The van der Waals surface area contributed by atoms with Gasteiger partial charge < -0.3 is 14.4 Å². The fraction of sp³-hybridized carbons (Fsp3) is 0.550. The van der Waals surface area contributed by atoms with Gasteiger partial charge in [0.25, 0.3) is 5.56 Å². The standard InChI is InChI=1S/C20H27N3O4/c1-14-7-4-5-10-23(14)19(24)8-6-9-22-13-21-16-12-18(27-3)17(26-2)11-15(16)20(22)25/h11-14H,4-10H2,1-3H3. The van der Waals surface area contributed by atoms with E-state index in [-0.39, 0.29) is 11.5 Å². The summed E-state index contributed by atoms with van der Waals surface area (Å²) in [6, 6.07) is 3.67. The number of piperidine rings is 1. The van der Waals surface area contributed by atoms with Gasteiger partial charge in [-0.3, -0.25) is 14.2 Å². The number of aryl methyl sites for hydroxylation is 1. The van der Waals surface area contributed by atoms with Crippen LogP contribution in [0.5, 0.6) is 11.5 Å². The number of ether oxygens (including phenoxy) is 2. The Kier molecular flexibility index (Phi) is 5.98. The number of aromatic nitrogens is 2. The van der Waals surface area contributed by atoms with E-state index < -0.39 is 0 Å². The fourth-order valence-corrected chi connectivity index (χ4v) is 3.66. The number of rotatable bonds is 6. The predicted molar refractivity (Wildman–Crippen MR) is 103 cm³/mol. The van der Waals surface area contributed by atoms with Gasteiger partial charge in [-0.2, -0.15) is 0 Å². The first-order valence-corrected chi connectivity index (χ1v) is 9.45. The molecule has 0 N–H and O–H groups in total. The van der Waals surface area contributed by atoms with Gasteiger partial charge in [0.05, 0.1) is 31.4 Å². The molecule has 0 aliphatic carbocycles. The van der Waals surface area contributed by atoms with Crippen LogP contribution >= 0.6 is 0 Å². The van der Waals surface area contributed by atoms with Gasteiger partial charge in [0.2, 0.25) is 5.91 Å². The molecule has 3 rings (SSSR count). The molecule has 1 unspecified atom stereocenters. The van der Waals surface area contributed by atoms with Crippen molar-refractivity contribution in [3.63, 3.8) is 0 Å². The van der Waals surface area contributed by atoms with E-state index in [9.17, 15) is 9.59 Å². The Bertz CT molecular complexity index is 877. The molecule has 7 heteroatoms. The number of hydrogen-bond donors (Lipinski definition) is 0. The molecular weight excluding hydrogens is 346 g/mol. The number of benzene rings is 1. The minimum absolute atomic E-state index is 0.139. The zero-order valence-electron chi connectivity index (χ0n) is 16.2. The zero-order valence-corrected chi connectivity index (χ0v) is 16.2. The Morgan fingerprint density at radius 3 is 2.67 bits per heavy atom.